The van der Waals surface area contributed by atoms with Crippen LogP contribution in [0.15, 0.2) is 42.0 Å². The molecule has 0 saturated carbocycles. The Kier molecular flexibility index (Phi) is 9.33. The number of benzene rings is 1. The summed E-state index contributed by atoms with van der Waals surface area (Å²) in [5, 5.41) is 19.5. The number of hydrogen-bond acceptors (Lipinski definition) is 7. The Balaban J connectivity index is 1.47. The number of nitrogens with zero attached hydrogens (tertiary/aromatic N) is 3. The fourth-order valence-corrected chi connectivity index (χ4v) is 4.34. The predicted molar refractivity (Wildman–Crippen MR) is 138 cm³/mol. The van der Waals surface area contributed by atoms with Crippen LogP contribution in [-0.4, -0.2) is 51.9 Å². The van der Waals surface area contributed by atoms with Gasteiger partial charge in [-0.2, -0.15) is 0 Å². The van der Waals surface area contributed by atoms with Crippen LogP contribution in [0.3, 0.4) is 0 Å². The average molecular weight is 496 g/mol. The van der Waals surface area contributed by atoms with E-state index in [1.54, 1.807) is 13.1 Å². The third kappa shape index (κ3) is 7.34. The van der Waals surface area contributed by atoms with Crippen LogP contribution < -0.4 is 10.6 Å². The summed E-state index contributed by atoms with van der Waals surface area (Å²) in [4.78, 5) is 35.6. The van der Waals surface area contributed by atoms with E-state index in [1.165, 1.54) is 33.9 Å². The van der Waals surface area contributed by atoms with E-state index in [9.17, 15) is 14.7 Å². The molecule has 0 saturated heterocycles. The van der Waals surface area contributed by atoms with Crippen molar-refractivity contribution in [2.75, 3.05) is 20.1 Å². The maximum atomic E-state index is 12.9. The highest BCUT2D eigenvalue weighted by Crippen LogP contribution is 2.24. The third-order valence-corrected chi connectivity index (χ3v) is 6.48. The molecule has 1 aromatic carbocycles. The highest BCUT2D eigenvalue weighted by molar-refractivity contribution is 7.09. The fourth-order valence-electron chi connectivity index (χ4n) is 3.52. The molecule has 0 spiro atoms. The van der Waals surface area contributed by atoms with Crippen LogP contribution in [0.2, 0.25) is 0 Å². The zero-order valence-corrected chi connectivity index (χ0v) is 21.5. The van der Waals surface area contributed by atoms with Gasteiger partial charge in [0.05, 0.1) is 17.7 Å². The van der Waals surface area contributed by atoms with Crippen LogP contribution in [-0.2, 0) is 13.1 Å². The molecule has 2 heterocycles. The Hall–Kier alpha value is -3.30. The van der Waals surface area contributed by atoms with Gasteiger partial charge in [0, 0.05) is 43.6 Å². The summed E-state index contributed by atoms with van der Waals surface area (Å²) in [6, 6.07) is 6.78. The summed E-state index contributed by atoms with van der Waals surface area (Å²) in [6.45, 7) is 8.38. The molecule has 0 fully saturated rings. The van der Waals surface area contributed by atoms with Crippen molar-refractivity contribution < 1.29 is 14.7 Å². The molecule has 0 aliphatic carbocycles. The predicted octanol–water partition coefficient (Wildman–Crippen LogP) is 3.86. The van der Waals surface area contributed by atoms with E-state index >= 15 is 0 Å². The van der Waals surface area contributed by atoms with Crippen molar-refractivity contribution in [1.29, 1.82) is 0 Å². The molecule has 3 N–H and O–H groups in total. The lowest BCUT2D eigenvalue weighted by Crippen LogP contribution is -2.29. The fraction of sp³-hybridized carbons (Fsp3) is 0.385. The number of pyridine rings is 1. The highest BCUT2D eigenvalue weighted by Gasteiger charge is 2.21. The Morgan fingerprint density at radius 3 is 2.66 bits per heavy atom. The number of carbonyl (C=O) groups excluding carboxylic acids is 2. The Morgan fingerprint density at radius 2 is 1.94 bits per heavy atom. The Morgan fingerprint density at radius 1 is 1.17 bits per heavy atom. The lowest BCUT2D eigenvalue weighted by molar-refractivity contribution is 0.0782. The first-order chi connectivity index (χ1) is 16.8. The summed E-state index contributed by atoms with van der Waals surface area (Å²) in [7, 11) is 1.65. The van der Waals surface area contributed by atoms with E-state index in [4.69, 9.17) is 0 Å². The second-order valence-electron chi connectivity index (χ2n) is 8.81. The van der Waals surface area contributed by atoms with Gasteiger partial charge in [-0.25, -0.2) is 4.98 Å². The molecular weight excluding hydrogens is 462 g/mol. The molecule has 8 nitrogen and oxygen atoms in total. The molecule has 35 heavy (non-hydrogen) atoms. The first-order valence-corrected chi connectivity index (χ1v) is 12.6. The number of aryl methyl sites for hydroxylation is 1. The van der Waals surface area contributed by atoms with Gasteiger partial charge in [0.25, 0.3) is 11.8 Å². The summed E-state index contributed by atoms with van der Waals surface area (Å²) in [5.74, 6) is -0.659. The van der Waals surface area contributed by atoms with Crippen molar-refractivity contribution in [1.82, 2.24) is 25.5 Å². The largest absolute Gasteiger partial charge is 0.506 e. The van der Waals surface area contributed by atoms with E-state index in [1.807, 2.05) is 24.7 Å². The minimum absolute atomic E-state index is 0.0823. The molecule has 186 valence electrons. The number of nitrogens with one attached hydrogen (secondary N) is 2. The quantitative estimate of drug-likeness (QED) is 0.349. The van der Waals surface area contributed by atoms with Crippen molar-refractivity contribution in [3.8, 4) is 5.75 Å². The normalized spacial score (nSPS) is 11.0. The van der Waals surface area contributed by atoms with Crippen LogP contribution in [0.4, 0.5) is 0 Å². The summed E-state index contributed by atoms with van der Waals surface area (Å²) in [5.41, 5.74) is 3.41. The number of aromatic nitrogens is 2. The monoisotopic (exact) mass is 495 g/mol. The number of amides is 2. The molecule has 0 unspecified atom stereocenters. The summed E-state index contributed by atoms with van der Waals surface area (Å²) in [6.07, 6.45) is 4.47. The molecule has 9 heteroatoms. The molecule has 2 aromatic heterocycles. The van der Waals surface area contributed by atoms with Gasteiger partial charge in [0.1, 0.15) is 10.8 Å². The number of rotatable bonds is 11. The Bertz CT molecular complexity index is 1160. The van der Waals surface area contributed by atoms with E-state index < -0.39 is 5.91 Å². The SMILES string of the molecule is Cc1csc(CN(C)C(=O)c2cccc(C(=O)NCCCNCc3cncc(C(C)C)c3)c2O)n1. The molecule has 0 aliphatic heterocycles. The van der Waals surface area contributed by atoms with Gasteiger partial charge in [0.2, 0.25) is 0 Å². The van der Waals surface area contributed by atoms with Crippen molar-refractivity contribution in [3.63, 3.8) is 0 Å². The van der Waals surface area contributed by atoms with Crippen molar-refractivity contribution in [3.05, 3.63) is 75.0 Å². The first kappa shape index (κ1) is 26.3. The molecular formula is C26H33N5O3S. The smallest absolute Gasteiger partial charge is 0.257 e. The number of phenols is 1. The molecule has 0 radical (unpaired) electrons. The minimum Gasteiger partial charge on any atom is -0.506 e. The van der Waals surface area contributed by atoms with Crippen LogP contribution in [0.5, 0.6) is 5.75 Å². The van der Waals surface area contributed by atoms with Gasteiger partial charge in [-0.05, 0) is 49.1 Å². The third-order valence-electron chi connectivity index (χ3n) is 5.52. The van der Waals surface area contributed by atoms with Gasteiger partial charge in [0.15, 0.2) is 0 Å². The molecule has 0 bridgehead atoms. The zero-order valence-electron chi connectivity index (χ0n) is 20.7. The standard InChI is InChI=1S/C26H33N5O3S/c1-17(2)20-11-19(13-28-14-20)12-27-9-6-10-29-25(33)21-7-5-8-22(24(21)32)26(34)31(4)15-23-30-18(3)16-35-23/h5,7-8,11,13-14,16-17,27,32H,6,9-10,12,15H2,1-4H3,(H,29,33). The minimum atomic E-state index is -0.413. The maximum absolute atomic E-state index is 12.9. The van der Waals surface area contributed by atoms with Gasteiger partial charge in [-0.1, -0.05) is 26.0 Å². The van der Waals surface area contributed by atoms with Crippen LogP contribution in [0.1, 0.15) is 68.7 Å². The van der Waals surface area contributed by atoms with Gasteiger partial charge < -0.3 is 20.6 Å². The van der Waals surface area contributed by atoms with Crippen LogP contribution in [0.25, 0.3) is 0 Å². The molecule has 3 aromatic rings. The maximum Gasteiger partial charge on any atom is 0.257 e. The topological polar surface area (TPSA) is 107 Å². The van der Waals surface area contributed by atoms with Crippen molar-refractivity contribution in [2.45, 2.75) is 46.2 Å². The Labute approximate surface area is 210 Å². The molecule has 3 rings (SSSR count). The van der Waals surface area contributed by atoms with Gasteiger partial charge in [-0.3, -0.25) is 14.6 Å². The number of aromatic hydroxyl groups is 1. The van der Waals surface area contributed by atoms with E-state index in [0.29, 0.717) is 25.6 Å². The molecule has 2 amide bonds. The van der Waals surface area contributed by atoms with E-state index in [2.05, 4.69) is 40.5 Å². The molecule has 0 aliphatic rings. The summed E-state index contributed by atoms with van der Waals surface area (Å²) >= 11 is 1.48. The number of hydrogen-bond donors (Lipinski definition) is 3. The average Bonchev–Trinajstić information content (AvgIpc) is 3.25. The second-order valence-corrected chi connectivity index (χ2v) is 9.76. The second kappa shape index (κ2) is 12.4. The first-order valence-electron chi connectivity index (χ1n) is 11.7. The number of thiazole rings is 1. The zero-order chi connectivity index (χ0) is 25.4. The van der Waals surface area contributed by atoms with Crippen LogP contribution >= 0.6 is 11.3 Å². The van der Waals surface area contributed by atoms with E-state index in [-0.39, 0.29) is 22.8 Å². The van der Waals surface area contributed by atoms with E-state index in [0.717, 1.165) is 29.2 Å². The molecule has 0 atom stereocenters. The number of carbonyl (C=O) groups is 2. The lowest BCUT2D eigenvalue weighted by Gasteiger charge is -2.17. The highest BCUT2D eigenvalue weighted by atomic mass is 32.1. The van der Waals surface area contributed by atoms with Crippen LogP contribution in [0, 0.1) is 6.92 Å². The number of phenolic OH excluding ortho intramolecular Hbond substituents is 1. The summed E-state index contributed by atoms with van der Waals surface area (Å²) < 4.78 is 0. The number of para-hydroxylation sites is 1. The van der Waals surface area contributed by atoms with Crippen molar-refractivity contribution >= 4 is 23.2 Å². The van der Waals surface area contributed by atoms with Gasteiger partial charge >= 0.3 is 0 Å². The van der Waals surface area contributed by atoms with Crippen molar-refractivity contribution in [2.24, 2.45) is 0 Å². The van der Waals surface area contributed by atoms with Gasteiger partial charge in [-0.15, -0.1) is 11.3 Å². The lowest BCUT2D eigenvalue weighted by atomic mass is 10.0.